The molecule has 0 rings (SSSR count). The van der Waals surface area contributed by atoms with E-state index in [1.165, 1.54) is 32.1 Å². The van der Waals surface area contributed by atoms with Crippen molar-refractivity contribution in [2.75, 3.05) is 12.0 Å². The molecule has 0 aliphatic rings. The highest BCUT2D eigenvalue weighted by atomic mass is 32.2. The molecule has 0 saturated carbocycles. The normalized spacial score (nSPS) is 13.2. The van der Waals surface area contributed by atoms with Gasteiger partial charge in [0.05, 0.1) is 6.10 Å². The molecular formula is C10H22OS. The van der Waals surface area contributed by atoms with Crippen molar-refractivity contribution in [1.29, 1.82) is 0 Å². The van der Waals surface area contributed by atoms with Crippen LogP contribution in [-0.4, -0.2) is 23.2 Å². The Labute approximate surface area is 80.9 Å². The van der Waals surface area contributed by atoms with E-state index in [2.05, 4.69) is 6.92 Å². The van der Waals surface area contributed by atoms with Crippen LogP contribution in [0.4, 0.5) is 0 Å². The predicted octanol–water partition coefficient (Wildman–Crippen LogP) is 3.07. The monoisotopic (exact) mass is 190 g/mol. The lowest BCUT2D eigenvalue weighted by Crippen LogP contribution is -2.08. The van der Waals surface area contributed by atoms with Crippen LogP contribution in [0.1, 0.15) is 45.4 Å². The predicted molar refractivity (Wildman–Crippen MR) is 57.8 cm³/mol. The molecule has 0 bridgehead atoms. The number of hydrogen-bond acceptors (Lipinski definition) is 2. The maximum absolute atomic E-state index is 9.38. The first-order valence-corrected chi connectivity index (χ1v) is 6.37. The summed E-state index contributed by atoms with van der Waals surface area (Å²) in [5.41, 5.74) is 0. The summed E-state index contributed by atoms with van der Waals surface area (Å²) < 4.78 is 0. The molecule has 1 unspecified atom stereocenters. The molecule has 0 fully saturated rings. The Hall–Kier alpha value is 0.310. The third-order valence-corrected chi connectivity index (χ3v) is 2.72. The number of thioether (sulfide) groups is 1. The van der Waals surface area contributed by atoms with Crippen molar-refractivity contribution in [1.82, 2.24) is 0 Å². The van der Waals surface area contributed by atoms with Gasteiger partial charge in [0, 0.05) is 5.75 Å². The van der Waals surface area contributed by atoms with Gasteiger partial charge in [0.1, 0.15) is 0 Å². The molecule has 0 aromatic carbocycles. The average Bonchev–Trinajstić information content (AvgIpc) is 2.05. The van der Waals surface area contributed by atoms with Crippen molar-refractivity contribution in [3.05, 3.63) is 0 Å². The van der Waals surface area contributed by atoms with E-state index in [0.29, 0.717) is 0 Å². The lowest BCUT2D eigenvalue weighted by Gasteiger charge is -2.07. The van der Waals surface area contributed by atoms with Gasteiger partial charge >= 0.3 is 0 Å². The lowest BCUT2D eigenvalue weighted by atomic mass is 10.1. The average molecular weight is 190 g/mol. The van der Waals surface area contributed by atoms with Gasteiger partial charge < -0.3 is 5.11 Å². The summed E-state index contributed by atoms with van der Waals surface area (Å²) in [5.74, 6) is 0.897. The Balaban J connectivity index is 2.97. The Bertz CT molecular complexity index is 85.9. The van der Waals surface area contributed by atoms with E-state index in [1.807, 2.05) is 6.26 Å². The molecule has 0 saturated heterocycles. The number of aliphatic hydroxyl groups is 1. The zero-order chi connectivity index (χ0) is 9.23. The third kappa shape index (κ3) is 8.41. The Morgan fingerprint density at radius 1 is 1.17 bits per heavy atom. The summed E-state index contributed by atoms with van der Waals surface area (Å²) in [6.45, 7) is 2.22. The Morgan fingerprint density at radius 2 is 1.83 bits per heavy atom. The molecule has 1 N–H and O–H groups in total. The molecule has 0 aromatic heterocycles. The van der Waals surface area contributed by atoms with Crippen molar-refractivity contribution < 1.29 is 5.11 Å². The minimum absolute atomic E-state index is 0.0679. The van der Waals surface area contributed by atoms with E-state index in [1.54, 1.807) is 11.8 Å². The molecule has 1 atom stereocenters. The quantitative estimate of drug-likeness (QED) is 0.594. The van der Waals surface area contributed by atoms with Crippen LogP contribution in [0, 0.1) is 0 Å². The van der Waals surface area contributed by atoms with Crippen molar-refractivity contribution in [3.8, 4) is 0 Å². The van der Waals surface area contributed by atoms with Crippen LogP contribution in [0.3, 0.4) is 0 Å². The lowest BCUT2D eigenvalue weighted by molar-refractivity contribution is 0.185. The second-order valence-electron chi connectivity index (χ2n) is 3.31. The fraction of sp³-hybridized carbons (Fsp3) is 1.00. The number of aliphatic hydroxyl groups excluding tert-OH is 1. The van der Waals surface area contributed by atoms with Gasteiger partial charge in [0.2, 0.25) is 0 Å². The zero-order valence-corrected chi connectivity index (χ0v) is 9.20. The molecule has 2 heteroatoms. The van der Waals surface area contributed by atoms with Gasteiger partial charge in [-0.05, 0) is 12.7 Å². The van der Waals surface area contributed by atoms with Crippen LogP contribution < -0.4 is 0 Å². The van der Waals surface area contributed by atoms with Crippen LogP contribution in [0.25, 0.3) is 0 Å². The van der Waals surface area contributed by atoms with Gasteiger partial charge in [-0.25, -0.2) is 0 Å². The standard InChI is InChI=1S/C10H22OS/c1-3-4-5-6-7-8-10(11)9-12-2/h10-11H,3-9H2,1-2H3. The molecule has 0 radical (unpaired) electrons. The Kier molecular flexibility index (Phi) is 9.64. The van der Waals surface area contributed by atoms with Gasteiger partial charge in [0.15, 0.2) is 0 Å². The summed E-state index contributed by atoms with van der Waals surface area (Å²) in [6.07, 6.45) is 9.43. The van der Waals surface area contributed by atoms with Gasteiger partial charge in [-0.15, -0.1) is 0 Å². The van der Waals surface area contributed by atoms with Crippen LogP contribution in [0.5, 0.6) is 0 Å². The molecule has 1 nitrogen and oxygen atoms in total. The highest BCUT2D eigenvalue weighted by Crippen LogP contribution is 2.09. The summed E-state index contributed by atoms with van der Waals surface area (Å²) >= 11 is 1.73. The topological polar surface area (TPSA) is 20.2 Å². The second-order valence-corrected chi connectivity index (χ2v) is 4.22. The van der Waals surface area contributed by atoms with Crippen molar-refractivity contribution in [2.24, 2.45) is 0 Å². The number of unbranched alkanes of at least 4 members (excludes halogenated alkanes) is 4. The highest BCUT2D eigenvalue weighted by Gasteiger charge is 2.01. The molecular weight excluding hydrogens is 168 g/mol. The molecule has 74 valence electrons. The second kappa shape index (κ2) is 9.40. The van der Waals surface area contributed by atoms with Gasteiger partial charge in [-0.3, -0.25) is 0 Å². The summed E-state index contributed by atoms with van der Waals surface area (Å²) in [7, 11) is 0. The first kappa shape index (κ1) is 12.3. The number of hydrogen-bond donors (Lipinski definition) is 1. The van der Waals surface area contributed by atoms with E-state index < -0.39 is 0 Å². The van der Waals surface area contributed by atoms with Gasteiger partial charge in [-0.1, -0.05) is 39.0 Å². The van der Waals surface area contributed by atoms with E-state index in [0.717, 1.165) is 12.2 Å². The zero-order valence-electron chi connectivity index (χ0n) is 8.38. The molecule has 12 heavy (non-hydrogen) atoms. The van der Waals surface area contributed by atoms with Crippen molar-refractivity contribution in [3.63, 3.8) is 0 Å². The molecule has 0 spiro atoms. The maximum Gasteiger partial charge on any atom is 0.0630 e. The minimum atomic E-state index is -0.0679. The van der Waals surface area contributed by atoms with Crippen molar-refractivity contribution >= 4 is 11.8 Å². The van der Waals surface area contributed by atoms with Crippen LogP contribution >= 0.6 is 11.8 Å². The van der Waals surface area contributed by atoms with Gasteiger partial charge in [-0.2, -0.15) is 11.8 Å². The fourth-order valence-electron chi connectivity index (χ4n) is 1.26. The van der Waals surface area contributed by atoms with Crippen LogP contribution in [-0.2, 0) is 0 Å². The summed E-state index contributed by atoms with van der Waals surface area (Å²) in [6, 6.07) is 0. The van der Waals surface area contributed by atoms with E-state index in [4.69, 9.17) is 0 Å². The molecule has 0 aliphatic carbocycles. The molecule has 0 amide bonds. The van der Waals surface area contributed by atoms with E-state index in [9.17, 15) is 5.11 Å². The summed E-state index contributed by atoms with van der Waals surface area (Å²) in [4.78, 5) is 0. The smallest absolute Gasteiger partial charge is 0.0630 e. The first-order chi connectivity index (χ1) is 5.81. The van der Waals surface area contributed by atoms with Crippen LogP contribution in [0.2, 0.25) is 0 Å². The first-order valence-electron chi connectivity index (χ1n) is 4.98. The SMILES string of the molecule is CCCCCCCC(O)CSC. The third-order valence-electron chi connectivity index (χ3n) is 2.00. The highest BCUT2D eigenvalue weighted by molar-refractivity contribution is 7.98. The largest absolute Gasteiger partial charge is 0.392 e. The molecule has 0 aliphatic heterocycles. The minimum Gasteiger partial charge on any atom is -0.392 e. The molecule has 0 aromatic rings. The summed E-state index contributed by atoms with van der Waals surface area (Å²) in [5, 5.41) is 9.38. The maximum atomic E-state index is 9.38. The van der Waals surface area contributed by atoms with E-state index in [-0.39, 0.29) is 6.10 Å². The molecule has 0 heterocycles. The Morgan fingerprint density at radius 3 is 2.42 bits per heavy atom. The van der Waals surface area contributed by atoms with Crippen LogP contribution in [0.15, 0.2) is 0 Å². The van der Waals surface area contributed by atoms with Crippen molar-refractivity contribution in [2.45, 2.75) is 51.6 Å². The number of rotatable bonds is 8. The van der Waals surface area contributed by atoms with Gasteiger partial charge in [0.25, 0.3) is 0 Å². The van der Waals surface area contributed by atoms with E-state index >= 15 is 0 Å². The fourth-order valence-corrected chi connectivity index (χ4v) is 1.81.